The van der Waals surface area contributed by atoms with Crippen LogP contribution in [0.3, 0.4) is 0 Å². The first-order chi connectivity index (χ1) is 9.41. The lowest BCUT2D eigenvalue weighted by Gasteiger charge is -2.08. The van der Waals surface area contributed by atoms with Crippen molar-refractivity contribution in [3.8, 4) is 0 Å². The lowest BCUT2D eigenvalue weighted by molar-refractivity contribution is -0.133. The van der Waals surface area contributed by atoms with Crippen molar-refractivity contribution < 1.29 is 24.2 Å². The molecule has 0 spiro atoms. The largest absolute Gasteiger partial charge is 0.478 e. The topological polar surface area (TPSA) is 105 Å². The second-order valence-corrected chi connectivity index (χ2v) is 4.78. The Labute approximate surface area is 117 Å². The molecule has 1 saturated carbocycles. The van der Waals surface area contributed by atoms with Gasteiger partial charge in [-0.1, -0.05) is 0 Å². The van der Waals surface area contributed by atoms with E-state index in [-0.39, 0.29) is 11.1 Å². The summed E-state index contributed by atoms with van der Waals surface area (Å²) in [4.78, 5) is 33.6. The smallest absolute Gasteiger partial charge is 0.331 e. The van der Waals surface area contributed by atoms with Gasteiger partial charge in [0.1, 0.15) is 0 Å². The molecule has 20 heavy (non-hydrogen) atoms. The zero-order chi connectivity index (χ0) is 15.1. The van der Waals surface area contributed by atoms with Crippen LogP contribution in [0, 0.1) is 5.92 Å². The number of nitrogens with one attached hydrogen (secondary N) is 2. The Bertz CT molecular complexity index is 426. The molecular formula is C13H20N2O5. The average Bonchev–Trinajstić information content (AvgIpc) is 3.20. The second kappa shape index (κ2) is 7.64. The minimum Gasteiger partial charge on any atom is -0.478 e. The van der Waals surface area contributed by atoms with Crippen LogP contribution < -0.4 is 10.6 Å². The predicted molar refractivity (Wildman–Crippen MR) is 71.1 cm³/mol. The van der Waals surface area contributed by atoms with Crippen LogP contribution in [-0.4, -0.2) is 42.8 Å². The van der Waals surface area contributed by atoms with Crippen LogP contribution in [0.1, 0.15) is 26.7 Å². The van der Waals surface area contributed by atoms with Gasteiger partial charge in [0.15, 0.2) is 0 Å². The molecule has 0 bridgehead atoms. The van der Waals surface area contributed by atoms with E-state index in [1.54, 1.807) is 0 Å². The van der Waals surface area contributed by atoms with Crippen molar-refractivity contribution in [1.82, 2.24) is 10.6 Å². The molecule has 1 aliphatic carbocycles. The average molecular weight is 284 g/mol. The van der Waals surface area contributed by atoms with Gasteiger partial charge in [-0.2, -0.15) is 0 Å². The number of imide groups is 1. The van der Waals surface area contributed by atoms with E-state index >= 15 is 0 Å². The summed E-state index contributed by atoms with van der Waals surface area (Å²) in [5.74, 6) is -1.25. The molecule has 0 aromatic rings. The molecule has 3 N–H and O–H groups in total. The summed E-state index contributed by atoms with van der Waals surface area (Å²) in [5, 5.41) is 13.3. The first-order valence-electron chi connectivity index (χ1n) is 6.49. The van der Waals surface area contributed by atoms with Crippen LogP contribution in [0.5, 0.6) is 0 Å². The third-order valence-corrected chi connectivity index (χ3v) is 3.03. The molecular weight excluding hydrogens is 264 g/mol. The molecule has 112 valence electrons. The normalized spacial score (nSPS) is 15.3. The number of carboxylic acids is 1. The van der Waals surface area contributed by atoms with Crippen molar-refractivity contribution in [3.05, 3.63) is 11.1 Å². The van der Waals surface area contributed by atoms with Crippen LogP contribution in [0.25, 0.3) is 0 Å². The predicted octanol–water partition coefficient (Wildman–Crippen LogP) is 0.660. The highest BCUT2D eigenvalue weighted by Crippen LogP contribution is 2.28. The second-order valence-electron chi connectivity index (χ2n) is 4.78. The highest BCUT2D eigenvalue weighted by atomic mass is 16.5. The minimum atomic E-state index is -1.19. The SMILES string of the molecule is CC(C(=O)O)=C(C)C(=O)NC(=O)NCCOCC1CC1. The lowest BCUT2D eigenvalue weighted by Crippen LogP contribution is -2.41. The fourth-order valence-electron chi connectivity index (χ4n) is 1.34. The number of carbonyl (C=O) groups is 3. The molecule has 7 nitrogen and oxygen atoms in total. The number of carboxylic acid groups (broad SMARTS) is 1. The molecule has 0 aliphatic heterocycles. The molecule has 3 amide bonds. The Hall–Kier alpha value is -1.89. The Balaban J connectivity index is 2.21. The van der Waals surface area contributed by atoms with E-state index in [2.05, 4.69) is 10.6 Å². The van der Waals surface area contributed by atoms with E-state index in [0.29, 0.717) is 25.7 Å². The molecule has 1 rings (SSSR count). The number of ether oxygens (including phenoxy) is 1. The highest BCUT2D eigenvalue weighted by Gasteiger charge is 2.21. The first-order valence-corrected chi connectivity index (χ1v) is 6.49. The minimum absolute atomic E-state index is 0.00219. The molecule has 7 heteroatoms. The van der Waals surface area contributed by atoms with E-state index in [0.717, 1.165) is 0 Å². The van der Waals surface area contributed by atoms with E-state index in [4.69, 9.17) is 9.84 Å². The van der Waals surface area contributed by atoms with E-state index in [1.807, 2.05) is 0 Å². The number of hydrogen-bond donors (Lipinski definition) is 3. The van der Waals surface area contributed by atoms with Crippen LogP contribution in [0.2, 0.25) is 0 Å². The number of aliphatic carboxylic acids is 1. The number of rotatable bonds is 7. The number of carbonyl (C=O) groups excluding carboxylic acids is 2. The Morgan fingerprint density at radius 1 is 1.20 bits per heavy atom. The summed E-state index contributed by atoms with van der Waals surface area (Å²) >= 11 is 0. The zero-order valence-corrected chi connectivity index (χ0v) is 11.7. The molecule has 0 aromatic carbocycles. The molecule has 0 heterocycles. The van der Waals surface area contributed by atoms with Crippen molar-refractivity contribution >= 4 is 17.9 Å². The fourth-order valence-corrected chi connectivity index (χ4v) is 1.34. The van der Waals surface area contributed by atoms with Gasteiger partial charge >= 0.3 is 12.0 Å². The van der Waals surface area contributed by atoms with Crippen LogP contribution in [0.4, 0.5) is 4.79 Å². The lowest BCUT2D eigenvalue weighted by atomic mass is 10.1. The van der Waals surface area contributed by atoms with Gasteiger partial charge in [-0.05, 0) is 32.6 Å². The summed E-state index contributed by atoms with van der Waals surface area (Å²) in [6, 6.07) is -0.664. The molecule has 1 aliphatic rings. The van der Waals surface area contributed by atoms with Gasteiger partial charge in [-0.15, -0.1) is 0 Å². The molecule has 0 unspecified atom stereocenters. The Kier molecular flexibility index (Phi) is 6.17. The summed E-state index contributed by atoms with van der Waals surface area (Å²) < 4.78 is 5.32. The Morgan fingerprint density at radius 2 is 1.85 bits per heavy atom. The molecule has 0 aromatic heterocycles. The van der Waals surface area contributed by atoms with Crippen LogP contribution in [0.15, 0.2) is 11.1 Å². The van der Waals surface area contributed by atoms with Crippen molar-refractivity contribution in [2.75, 3.05) is 19.8 Å². The maximum absolute atomic E-state index is 11.6. The summed E-state index contributed by atoms with van der Waals surface area (Å²) in [5.41, 5.74) is -0.0966. The van der Waals surface area contributed by atoms with E-state index < -0.39 is 17.9 Å². The highest BCUT2D eigenvalue weighted by molar-refractivity contribution is 6.07. The van der Waals surface area contributed by atoms with Crippen molar-refractivity contribution in [2.45, 2.75) is 26.7 Å². The number of urea groups is 1. The van der Waals surface area contributed by atoms with Gasteiger partial charge < -0.3 is 15.2 Å². The van der Waals surface area contributed by atoms with Crippen LogP contribution in [-0.2, 0) is 14.3 Å². The first kappa shape index (κ1) is 16.2. The van der Waals surface area contributed by atoms with Crippen molar-refractivity contribution in [2.24, 2.45) is 5.92 Å². The molecule has 1 fully saturated rings. The van der Waals surface area contributed by atoms with Gasteiger partial charge in [-0.25, -0.2) is 9.59 Å². The summed E-state index contributed by atoms with van der Waals surface area (Å²) in [6.07, 6.45) is 2.41. The third-order valence-electron chi connectivity index (χ3n) is 3.03. The standard InChI is InChI=1S/C13H20N2O5/c1-8(9(2)12(17)18)11(16)15-13(19)14-5-6-20-7-10-3-4-10/h10H,3-7H2,1-2H3,(H,17,18)(H2,14,15,16,19). The van der Waals surface area contributed by atoms with Gasteiger partial charge in [0.05, 0.1) is 6.61 Å². The van der Waals surface area contributed by atoms with Crippen molar-refractivity contribution in [1.29, 1.82) is 0 Å². The third kappa shape index (κ3) is 5.83. The maximum Gasteiger partial charge on any atom is 0.331 e. The summed E-state index contributed by atoms with van der Waals surface area (Å²) in [7, 11) is 0. The molecule has 0 saturated heterocycles. The van der Waals surface area contributed by atoms with Crippen LogP contribution >= 0.6 is 0 Å². The van der Waals surface area contributed by atoms with Gasteiger partial charge in [0, 0.05) is 24.3 Å². The molecule has 0 radical (unpaired) electrons. The number of amides is 3. The van der Waals surface area contributed by atoms with Gasteiger partial charge in [-0.3, -0.25) is 10.1 Å². The maximum atomic E-state index is 11.6. The van der Waals surface area contributed by atoms with E-state index in [9.17, 15) is 14.4 Å². The molecule has 0 atom stereocenters. The van der Waals surface area contributed by atoms with Gasteiger partial charge in [0.25, 0.3) is 5.91 Å². The van der Waals surface area contributed by atoms with Crippen molar-refractivity contribution in [3.63, 3.8) is 0 Å². The van der Waals surface area contributed by atoms with E-state index in [1.165, 1.54) is 26.7 Å². The summed E-state index contributed by atoms with van der Waals surface area (Å²) in [6.45, 7) is 4.06. The van der Waals surface area contributed by atoms with Gasteiger partial charge in [0.2, 0.25) is 0 Å². The zero-order valence-electron chi connectivity index (χ0n) is 11.7. The Morgan fingerprint density at radius 3 is 2.40 bits per heavy atom. The fraction of sp³-hybridized carbons (Fsp3) is 0.615. The monoisotopic (exact) mass is 284 g/mol. The quantitative estimate of drug-likeness (QED) is 0.470. The number of hydrogen-bond acceptors (Lipinski definition) is 4.